The molecule has 2 aliphatic heterocycles. The van der Waals surface area contributed by atoms with E-state index in [0.29, 0.717) is 22.5 Å². The van der Waals surface area contributed by atoms with Crippen molar-refractivity contribution >= 4 is 44.8 Å². The number of hydrogen-bond acceptors (Lipinski definition) is 2. The molecule has 4 aromatic carbocycles. The first-order valence-corrected chi connectivity index (χ1v) is 10.6. The third-order valence-corrected chi connectivity index (χ3v) is 6.50. The second-order valence-electron chi connectivity index (χ2n) is 8.26. The van der Waals surface area contributed by atoms with Gasteiger partial charge in [0.05, 0.1) is 22.5 Å². The smallest absolute Gasteiger partial charge is 0.261 e. The first kappa shape index (κ1) is 18.6. The third kappa shape index (κ3) is 2.44. The molecule has 0 bridgehead atoms. The molecule has 2 heterocycles. The number of rotatable bonds is 2. The van der Waals surface area contributed by atoms with Crippen LogP contribution < -0.4 is 0 Å². The van der Waals surface area contributed by atoms with E-state index in [-0.39, 0.29) is 11.8 Å². The highest BCUT2D eigenvalue weighted by atomic mass is 16.2. The van der Waals surface area contributed by atoms with Crippen LogP contribution in [0.1, 0.15) is 11.1 Å². The maximum atomic E-state index is 13.5. The highest BCUT2D eigenvalue weighted by Crippen LogP contribution is 2.46. The first-order chi connectivity index (χ1) is 15.6. The Hall–Kier alpha value is -4.18. The molecule has 0 aromatic heterocycles. The Balaban J connectivity index is 1.64. The van der Waals surface area contributed by atoms with E-state index >= 15 is 0 Å². The lowest BCUT2D eigenvalue weighted by Gasteiger charge is -2.21. The third-order valence-electron chi connectivity index (χ3n) is 6.50. The Bertz CT molecular complexity index is 1540. The summed E-state index contributed by atoms with van der Waals surface area (Å²) in [5, 5.41) is 4.29. The van der Waals surface area contributed by atoms with E-state index in [0.717, 1.165) is 32.7 Å². The lowest BCUT2D eigenvalue weighted by atomic mass is 9.97. The van der Waals surface area contributed by atoms with E-state index in [9.17, 15) is 9.59 Å². The van der Waals surface area contributed by atoms with Gasteiger partial charge in [0, 0.05) is 19.7 Å². The van der Waals surface area contributed by atoms with Gasteiger partial charge < -0.3 is 9.80 Å². The minimum Gasteiger partial charge on any atom is -0.310 e. The van der Waals surface area contributed by atoms with Crippen LogP contribution in [0.15, 0.2) is 96.1 Å². The van der Waals surface area contributed by atoms with Crippen molar-refractivity contribution in [1.29, 1.82) is 0 Å². The molecule has 32 heavy (non-hydrogen) atoms. The van der Waals surface area contributed by atoms with Crippen LogP contribution in [-0.2, 0) is 9.59 Å². The van der Waals surface area contributed by atoms with E-state index in [4.69, 9.17) is 0 Å². The molecule has 2 amide bonds. The van der Waals surface area contributed by atoms with Crippen LogP contribution in [0.5, 0.6) is 0 Å². The van der Waals surface area contributed by atoms with Crippen molar-refractivity contribution in [3.05, 3.63) is 107 Å². The summed E-state index contributed by atoms with van der Waals surface area (Å²) in [5.74, 6) is -0.299. The van der Waals surface area contributed by atoms with Crippen molar-refractivity contribution in [2.45, 2.75) is 0 Å². The van der Waals surface area contributed by atoms with Crippen molar-refractivity contribution in [3.63, 3.8) is 0 Å². The molecule has 0 saturated carbocycles. The van der Waals surface area contributed by atoms with Crippen molar-refractivity contribution in [2.24, 2.45) is 0 Å². The lowest BCUT2D eigenvalue weighted by Crippen LogP contribution is -2.25. The summed E-state index contributed by atoms with van der Waals surface area (Å²) in [5.41, 5.74) is 4.07. The van der Waals surface area contributed by atoms with Gasteiger partial charge in [-0.15, -0.1) is 0 Å². The monoisotopic (exact) mass is 416 g/mol. The van der Waals surface area contributed by atoms with Gasteiger partial charge in [0.1, 0.15) is 0 Å². The average Bonchev–Trinajstić information content (AvgIpc) is 3.23. The highest BCUT2D eigenvalue weighted by molar-refractivity contribution is 6.30. The zero-order chi connectivity index (χ0) is 22.0. The predicted molar refractivity (Wildman–Crippen MR) is 127 cm³/mol. The summed E-state index contributed by atoms with van der Waals surface area (Å²) in [6, 6.07) is 28.2. The zero-order valence-corrected chi connectivity index (χ0v) is 17.8. The number of nitrogens with zero attached hydrogens (tertiary/aromatic N) is 2. The fourth-order valence-corrected chi connectivity index (χ4v) is 4.95. The van der Waals surface area contributed by atoms with Gasteiger partial charge >= 0.3 is 0 Å². The molecule has 154 valence electrons. The molecule has 0 saturated heterocycles. The van der Waals surface area contributed by atoms with Crippen LogP contribution in [0.4, 0.5) is 0 Å². The number of likely N-dealkylation sites (N-methyl/N-ethyl adjacent to an activating group) is 2. The zero-order valence-electron chi connectivity index (χ0n) is 17.8. The summed E-state index contributed by atoms with van der Waals surface area (Å²) < 4.78 is 0. The summed E-state index contributed by atoms with van der Waals surface area (Å²) in [6.45, 7) is 0. The number of carbonyl (C=O) groups is 2. The van der Waals surface area contributed by atoms with Gasteiger partial charge in [0.2, 0.25) is 0 Å². The van der Waals surface area contributed by atoms with Crippen molar-refractivity contribution in [2.75, 3.05) is 14.1 Å². The molecular formula is C28H20N2O2. The highest BCUT2D eigenvalue weighted by Gasteiger charge is 2.46. The quantitative estimate of drug-likeness (QED) is 0.458. The van der Waals surface area contributed by atoms with Crippen LogP contribution in [0.3, 0.4) is 0 Å². The second-order valence-corrected chi connectivity index (χ2v) is 8.26. The van der Waals surface area contributed by atoms with Crippen LogP contribution in [0.25, 0.3) is 32.9 Å². The summed E-state index contributed by atoms with van der Waals surface area (Å²) in [4.78, 5) is 30.2. The molecule has 0 radical (unpaired) electrons. The minimum atomic E-state index is -0.149. The van der Waals surface area contributed by atoms with E-state index in [1.807, 2.05) is 78.9 Å². The minimum absolute atomic E-state index is 0.149. The molecule has 0 spiro atoms. The number of fused-ring (bicyclic) bond motifs is 3. The molecule has 4 aromatic rings. The van der Waals surface area contributed by atoms with Crippen LogP contribution in [-0.4, -0.2) is 35.7 Å². The molecule has 4 nitrogen and oxygen atoms in total. The molecule has 6 rings (SSSR count). The fraction of sp³-hybridized carbons (Fsp3) is 0.0714. The standard InChI is InChI=1S/C28H20N2O2/c1-29-25(20-15-14-17-8-3-4-10-19(17)16-20)23-24(28(29)32)26(30(2)27(23)31)22-13-7-11-18-9-5-6-12-21(18)22/h3-16H,1-2H3. The Labute approximate surface area is 185 Å². The maximum Gasteiger partial charge on any atom is 0.261 e. The second kappa shape index (κ2) is 6.66. The van der Waals surface area contributed by atoms with Gasteiger partial charge in [-0.05, 0) is 33.2 Å². The normalized spacial score (nSPS) is 16.2. The molecule has 2 aliphatic rings. The lowest BCUT2D eigenvalue weighted by molar-refractivity contribution is -0.123. The summed E-state index contributed by atoms with van der Waals surface area (Å²) in [7, 11) is 3.50. The first-order valence-electron chi connectivity index (χ1n) is 10.6. The molecule has 0 unspecified atom stereocenters. The molecule has 0 aliphatic carbocycles. The molecular weight excluding hydrogens is 396 g/mol. The van der Waals surface area contributed by atoms with Crippen LogP contribution in [0.2, 0.25) is 0 Å². The number of benzene rings is 4. The Kier molecular flexibility index (Phi) is 3.87. The predicted octanol–water partition coefficient (Wildman–Crippen LogP) is 5.06. The Morgan fingerprint density at radius 2 is 1.16 bits per heavy atom. The molecule has 0 N–H and O–H groups in total. The van der Waals surface area contributed by atoms with Crippen molar-refractivity contribution in [1.82, 2.24) is 9.80 Å². The van der Waals surface area contributed by atoms with Gasteiger partial charge in [-0.2, -0.15) is 0 Å². The SMILES string of the molecule is CN1C(=O)C2=C(c3cccc4ccccc34)N(C)C(=O)C2=C1c1ccc2ccccc2c1. The van der Waals surface area contributed by atoms with Crippen LogP contribution >= 0.6 is 0 Å². The number of hydrogen-bond donors (Lipinski definition) is 0. The maximum absolute atomic E-state index is 13.5. The van der Waals surface area contributed by atoms with Crippen LogP contribution in [0, 0.1) is 0 Å². The van der Waals surface area contributed by atoms with Gasteiger partial charge in [0.25, 0.3) is 11.8 Å². The largest absolute Gasteiger partial charge is 0.310 e. The average molecular weight is 416 g/mol. The number of amides is 2. The number of carbonyl (C=O) groups excluding carboxylic acids is 2. The van der Waals surface area contributed by atoms with E-state index < -0.39 is 0 Å². The van der Waals surface area contributed by atoms with E-state index in [1.54, 1.807) is 23.9 Å². The molecule has 4 heteroatoms. The fourth-order valence-electron chi connectivity index (χ4n) is 4.95. The van der Waals surface area contributed by atoms with Gasteiger partial charge in [-0.3, -0.25) is 9.59 Å². The molecule has 0 atom stereocenters. The van der Waals surface area contributed by atoms with E-state index in [1.165, 1.54) is 0 Å². The summed E-state index contributed by atoms with van der Waals surface area (Å²) >= 11 is 0. The van der Waals surface area contributed by atoms with Gasteiger partial charge in [0.15, 0.2) is 0 Å². The van der Waals surface area contributed by atoms with Gasteiger partial charge in [-0.1, -0.05) is 78.9 Å². The van der Waals surface area contributed by atoms with Crippen molar-refractivity contribution in [3.8, 4) is 0 Å². The Morgan fingerprint density at radius 1 is 0.562 bits per heavy atom. The molecule has 0 fully saturated rings. The van der Waals surface area contributed by atoms with Gasteiger partial charge in [-0.25, -0.2) is 0 Å². The van der Waals surface area contributed by atoms with Crippen molar-refractivity contribution < 1.29 is 9.59 Å². The Morgan fingerprint density at radius 3 is 1.94 bits per heavy atom. The van der Waals surface area contributed by atoms with E-state index in [2.05, 4.69) is 6.07 Å². The topological polar surface area (TPSA) is 40.6 Å². The summed E-state index contributed by atoms with van der Waals surface area (Å²) in [6.07, 6.45) is 0.